The average Bonchev–Trinajstić information content (AvgIpc) is 3.15. The molecule has 0 bridgehead atoms. The lowest BCUT2D eigenvalue weighted by molar-refractivity contribution is 0.414. The van der Waals surface area contributed by atoms with Crippen LogP contribution in [0.15, 0.2) is 53.5 Å². The molecule has 0 atom stereocenters. The number of nitrogens with zero attached hydrogens (tertiary/aromatic N) is 5. The molecule has 0 aliphatic rings. The van der Waals surface area contributed by atoms with Crippen molar-refractivity contribution in [3.8, 4) is 17.5 Å². The van der Waals surface area contributed by atoms with Gasteiger partial charge >= 0.3 is 0 Å². The van der Waals surface area contributed by atoms with E-state index in [2.05, 4.69) is 21.5 Å². The quantitative estimate of drug-likeness (QED) is 0.311. The predicted octanol–water partition coefficient (Wildman–Crippen LogP) is 3.11. The number of benzene rings is 2. The van der Waals surface area contributed by atoms with E-state index >= 15 is 0 Å². The van der Waals surface area contributed by atoms with Gasteiger partial charge in [0.2, 0.25) is 0 Å². The lowest BCUT2D eigenvalue weighted by atomic mass is 10.1. The third-order valence-electron chi connectivity index (χ3n) is 5.20. The predicted molar refractivity (Wildman–Crippen MR) is 127 cm³/mol. The number of anilines is 1. The highest BCUT2D eigenvalue weighted by Gasteiger charge is 2.16. The molecular weight excluding hydrogens is 421 g/mol. The number of nitrogens with one attached hydrogen (secondary N) is 1. The Bertz CT molecular complexity index is 1130. The molecule has 1 aromatic heterocycles. The zero-order valence-electron chi connectivity index (χ0n) is 19.0. The van der Waals surface area contributed by atoms with Gasteiger partial charge in [0.15, 0.2) is 5.96 Å². The van der Waals surface area contributed by atoms with Crippen LogP contribution in [-0.4, -0.2) is 48.4 Å². The summed E-state index contributed by atoms with van der Waals surface area (Å²) < 4.78 is 19.9. The molecule has 0 saturated carbocycles. The van der Waals surface area contributed by atoms with Crippen LogP contribution in [0.5, 0.6) is 5.75 Å². The van der Waals surface area contributed by atoms with E-state index in [0.717, 1.165) is 23.7 Å². The van der Waals surface area contributed by atoms with Crippen molar-refractivity contribution in [3.63, 3.8) is 0 Å². The Labute approximate surface area is 193 Å². The summed E-state index contributed by atoms with van der Waals surface area (Å²) in [6.45, 7) is 1.34. The van der Waals surface area contributed by atoms with Crippen molar-refractivity contribution < 1.29 is 9.13 Å². The van der Waals surface area contributed by atoms with Crippen molar-refractivity contribution in [3.05, 3.63) is 71.2 Å². The van der Waals surface area contributed by atoms with Crippen LogP contribution in [-0.2, 0) is 13.0 Å². The van der Waals surface area contributed by atoms with Gasteiger partial charge in [0.1, 0.15) is 29.0 Å². The molecule has 3 rings (SSSR count). The second-order valence-electron chi connectivity index (χ2n) is 7.49. The summed E-state index contributed by atoms with van der Waals surface area (Å²) >= 11 is 0. The van der Waals surface area contributed by atoms with Crippen LogP contribution in [0.1, 0.15) is 23.2 Å². The number of methoxy groups -OCH3 is 1. The van der Waals surface area contributed by atoms with Gasteiger partial charge in [0, 0.05) is 27.2 Å². The molecule has 0 aliphatic carbocycles. The molecular formula is C24H28FN7O. The molecule has 8 nitrogen and oxygen atoms in total. The topological polar surface area (TPSA) is 104 Å². The third-order valence-corrected chi connectivity index (χ3v) is 5.20. The number of aromatic nitrogens is 2. The highest BCUT2D eigenvalue weighted by atomic mass is 19.1. The molecule has 33 heavy (non-hydrogen) atoms. The number of rotatable bonds is 8. The van der Waals surface area contributed by atoms with Gasteiger partial charge in [-0.2, -0.15) is 10.4 Å². The smallest absolute Gasteiger partial charge is 0.193 e. The van der Waals surface area contributed by atoms with Crippen LogP contribution in [0, 0.1) is 17.1 Å². The molecule has 2 aromatic carbocycles. The molecule has 0 aliphatic heterocycles. The zero-order valence-corrected chi connectivity index (χ0v) is 19.0. The molecule has 0 saturated heterocycles. The molecule has 0 fully saturated rings. The largest absolute Gasteiger partial charge is 0.497 e. The SMILES string of the molecule is CN=C(NCCCc1nn(-c2ccc(F)cc2)c(N)c1C#N)N(C)Cc1ccc(OC)cc1. The standard InChI is InChI=1S/C24H28FN7O/c1-28-24(31(2)16-17-6-12-20(33-3)13-7-17)29-14-4-5-22-21(15-26)23(27)32(30-22)19-10-8-18(25)9-11-19/h6-13H,4-5,14,16,27H2,1-3H3,(H,28,29). The summed E-state index contributed by atoms with van der Waals surface area (Å²) in [5.74, 6) is 1.49. The highest BCUT2D eigenvalue weighted by molar-refractivity contribution is 5.79. The molecule has 0 amide bonds. The van der Waals surface area contributed by atoms with Crippen molar-refractivity contribution >= 4 is 11.8 Å². The van der Waals surface area contributed by atoms with E-state index in [4.69, 9.17) is 10.5 Å². The van der Waals surface area contributed by atoms with E-state index < -0.39 is 0 Å². The number of aliphatic imine (C=N–C) groups is 1. The Morgan fingerprint density at radius 1 is 1.24 bits per heavy atom. The molecule has 0 radical (unpaired) electrons. The second kappa shape index (κ2) is 11.0. The Morgan fingerprint density at radius 2 is 1.94 bits per heavy atom. The minimum absolute atomic E-state index is 0.252. The molecule has 9 heteroatoms. The lowest BCUT2D eigenvalue weighted by Crippen LogP contribution is -2.39. The van der Waals surface area contributed by atoms with Gasteiger partial charge in [-0.25, -0.2) is 9.07 Å². The van der Waals surface area contributed by atoms with Crippen molar-refractivity contribution in [2.24, 2.45) is 4.99 Å². The van der Waals surface area contributed by atoms with Crippen LogP contribution >= 0.6 is 0 Å². The van der Waals surface area contributed by atoms with Gasteiger partial charge in [-0.15, -0.1) is 0 Å². The van der Waals surface area contributed by atoms with Gasteiger partial charge in [-0.05, 0) is 54.8 Å². The molecule has 3 aromatic rings. The number of hydrogen-bond donors (Lipinski definition) is 2. The number of ether oxygens (including phenoxy) is 1. The van der Waals surface area contributed by atoms with Crippen molar-refractivity contribution in [1.82, 2.24) is 20.0 Å². The number of nitrogens with two attached hydrogens (primary N) is 1. The zero-order chi connectivity index (χ0) is 23.8. The Hall–Kier alpha value is -4.06. The van der Waals surface area contributed by atoms with Crippen LogP contribution in [0.3, 0.4) is 0 Å². The molecule has 0 unspecified atom stereocenters. The number of nitriles is 1. The summed E-state index contributed by atoms with van der Waals surface area (Å²) in [7, 11) is 5.36. The first kappa shape index (κ1) is 23.6. The Kier molecular flexibility index (Phi) is 7.86. The van der Waals surface area contributed by atoms with Crippen molar-refractivity contribution in [2.45, 2.75) is 19.4 Å². The van der Waals surface area contributed by atoms with E-state index in [9.17, 15) is 9.65 Å². The van der Waals surface area contributed by atoms with Gasteiger partial charge in [0.25, 0.3) is 0 Å². The molecule has 3 N–H and O–H groups in total. The van der Waals surface area contributed by atoms with E-state index in [-0.39, 0.29) is 11.6 Å². The summed E-state index contributed by atoms with van der Waals surface area (Å²) in [6, 6.07) is 15.9. The average molecular weight is 450 g/mol. The van der Waals surface area contributed by atoms with E-state index in [0.29, 0.717) is 36.5 Å². The number of nitrogen functional groups attached to an aromatic ring is 1. The number of aryl methyl sites for hydroxylation is 1. The Balaban J connectivity index is 1.57. The lowest BCUT2D eigenvalue weighted by Gasteiger charge is -2.22. The normalized spacial score (nSPS) is 11.2. The van der Waals surface area contributed by atoms with Gasteiger partial charge in [-0.1, -0.05) is 12.1 Å². The van der Waals surface area contributed by atoms with Crippen LogP contribution < -0.4 is 15.8 Å². The molecule has 172 valence electrons. The van der Waals surface area contributed by atoms with Gasteiger partial charge < -0.3 is 20.7 Å². The fourth-order valence-electron chi connectivity index (χ4n) is 3.47. The summed E-state index contributed by atoms with van der Waals surface area (Å²) in [4.78, 5) is 6.38. The van der Waals surface area contributed by atoms with Gasteiger partial charge in [0.05, 0.1) is 18.5 Å². The second-order valence-corrected chi connectivity index (χ2v) is 7.49. The van der Waals surface area contributed by atoms with Crippen molar-refractivity contribution in [1.29, 1.82) is 5.26 Å². The number of halogens is 1. The first-order valence-corrected chi connectivity index (χ1v) is 10.5. The highest BCUT2D eigenvalue weighted by Crippen LogP contribution is 2.21. The summed E-state index contributed by atoms with van der Waals surface area (Å²) in [5.41, 5.74) is 8.83. The minimum atomic E-state index is -0.346. The summed E-state index contributed by atoms with van der Waals surface area (Å²) in [6.07, 6.45) is 1.29. The fourth-order valence-corrected chi connectivity index (χ4v) is 3.47. The Morgan fingerprint density at radius 3 is 2.55 bits per heavy atom. The maximum atomic E-state index is 13.2. The third kappa shape index (κ3) is 5.80. The molecule has 0 spiro atoms. The monoisotopic (exact) mass is 449 g/mol. The summed E-state index contributed by atoms with van der Waals surface area (Å²) in [5, 5.41) is 17.4. The minimum Gasteiger partial charge on any atom is -0.497 e. The van der Waals surface area contributed by atoms with Crippen LogP contribution in [0.4, 0.5) is 10.2 Å². The maximum Gasteiger partial charge on any atom is 0.193 e. The first-order valence-electron chi connectivity index (χ1n) is 10.5. The van der Waals surface area contributed by atoms with Crippen molar-refractivity contribution in [2.75, 3.05) is 33.5 Å². The van der Waals surface area contributed by atoms with E-state index in [1.807, 2.05) is 36.2 Å². The first-order chi connectivity index (χ1) is 16.0. The van der Waals surface area contributed by atoms with E-state index in [1.54, 1.807) is 26.3 Å². The fraction of sp³-hybridized carbons (Fsp3) is 0.292. The number of guanidine groups is 1. The van der Waals surface area contributed by atoms with Gasteiger partial charge in [-0.3, -0.25) is 4.99 Å². The van der Waals surface area contributed by atoms with Crippen LogP contribution in [0.25, 0.3) is 5.69 Å². The molecule has 1 heterocycles. The number of hydrogen-bond acceptors (Lipinski definition) is 5. The van der Waals surface area contributed by atoms with Crippen LogP contribution in [0.2, 0.25) is 0 Å². The van der Waals surface area contributed by atoms with E-state index in [1.165, 1.54) is 16.8 Å². The maximum absolute atomic E-state index is 13.2.